The van der Waals surface area contributed by atoms with Gasteiger partial charge in [-0.3, -0.25) is 9.36 Å². The van der Waals surface area contributed by atoms with Crippen LogP contribution in [-0.4, -0.2) is 20.6 Å². The Morgan fingerprint density at radius 1 is 1.33 bits per heavy atom. The molecule has 2 heterocycles. The van der Waals surface area contributed by atoms with Gasteiger partial charge >= 0.3 is 5.97 Å². The first-order valence-electron chi connectivity index (χ1n) is 7.34. The van der Waals surface area contributed by atoms with Crippen molar-refractivity contribution < 1.29 is 9.90 Å². The van der Waals surface area contributed by atoms with Crippen LogP contribution in [0.2, 0.25) is 0 Å². The zero-order valence-corrected chi connectivity index (χ0v) is 13.2. The van der Waals surface area contributed by atoms with Crippen molar-refractivity contribution in [3.8, 4) is 0 Å². The third kappa shape index (κ3) is 3.15. The minimum atomic E-state index is -1.07. The number of unbranched alkanes of at least 4 members (excludes halogenated alkanes) is 3. The van der Waals surface area contributed by atoms with Crippen LogP contribution in [0.1, 0.15) is 55.7 Å². The fraction of sp³-hybridized carbons (Fsp3) is 0.533. The molecule has 0 aliphatic heterocycles. The zero-order valence-electron chi connectivity index (χ0n) is 12.4. The summed E-state index contributed by atoms with van der Waals surface area (Å²) >= 11 is 1.22. The Labute approximate surface area is 127 Å². The number of aromatic carboxylic acids is 1. The molecule has 0 aliphatic rings. The highest BCUT2D eigenvalue weighted by Crippen LogP contribution is 2.22. The second kappa shape index (κ2) is 6.85. The quantitative estimate of drug-likeness (QED) is 0.797. The number of rotatable bonds is 7. The number of carboxylic acid groups (broad SMARTS) is 1. The molecule has 0 radical (unpaired) electrons. The fourth-order valence-electron chi connectivity index (χ4n) is 2.42. The van der Waals surface area contributed by atoms with Crippen LogP contribution in [0.3, 0.4) is 0 Å². The monoisotopic (exact) mass is 308 g/mol. The predicted molar refractivity (Wildman–Crippen MR) is 84.4 cm³/mol. The van der Waals surface area contributed by atoms with Gasteiger partial charge in [0.05, 0.1) is 10.9 Å². The summed E-state index contributed by atoms with van der Waals surface area (Å²) in [5.41, 5.74) is -0.149. The second-order valence-corrected chi connectivity index (χ2v) is 5.89. The molecule has 0 aromatic carbocycles. The number of aryl methyl sites for hydroxylation is 1. The first-order valence-corrected chi connectivity index (χ1v) is 8.22. The number of hydrogen-bond donors (Lipinski definition) is 1. The Bertz CT molecular complexity index is 703. The molecule has 0 bridgehead atoms. The number of carboxylic acids is 1. The maximum atomic E-state index is 12.6. The molecule has 0 aliphatic carbocycles. The summed E-state index contributed by atoms with van der Waals surface area (Å²) in [6, 6.07) is 0. The Morgan fingerprint density at radius 2 is 2.10 bits per heavy atom. The predicted octanol–water partition coefficient (Wildman–Crippen LogP) is 3.30. The van der Waals surface area contributed by atoms with E-state index in [-0.39, 0.29) is 16.5 Å². The Kier molecular flexibility index (Phi) is 5.12. The molecule has 2 aromatic rings. The zero-order chi connectivity index (χ0) is 15.4. The Morgan fingerprint density at radius 3 is 2.71 bits per heavy atom. The SMILES string of the molecule is CCCCCCn1c(CC)nc2scc(C(=O)O)c2c1=O. The van der Waals surface area contributed by atoms with Crippen molar-refractivity contribution in [3.05, 3.63) is 27.1 Å². The van der Waals surface area contributed by atoms with Crippen molar-refractivity contribution in [3.63, 3.8) is 0 Å². The third-order valence-electron chi connectivity index (χ3n) is 3.55. The average molecular weight is 308 g/mol. The molecule has 2 rings (SSSR count). The number of thiophene rings is 1. The second-order valence-electron chi connectivity index (χ2n) is 5.03. The van der Waals surface area contributed by atoms with Crippen molar-refractivity contribution in [2.45, 2.75) is 52.5 Å². The maximum absolute atomic E-state index is 12.6. The van der Waals surface area contributed by atoms with E-state index >= 15 is 0 Å². The highest BCUT2D eigenvalue weighted by Gasteiger charge is 2.18. The summed E-state index contributed by atoms with van der Waals surface area (Å²) in [6.45, 7) is 4.71. The van der Waals surface area contributed by atoms with E-state index in [0.29, 0.717) is 17.8 Å². The number of carbonyl (C=O) groups is 1. The van der Waals surface area contributed by atoms with Gasteiger partial charge in [-0.25, -0.2) is 9.78 Å². The van der Waals surface area contributed by atoms with Crippen molar-refractivity contribution >= 4 is 27.5 Å². The molecule has 0 amide bonds. The van der Waals surface area contributed by atoms with Crippen LogP contribution in [0, 0.1) is 0 Å². The van der Waals surface area contributed by atoms with E-state index in [9.17, 15) is 14.7 Å². The molecule has 114 valence electrons. The lowest BCUT2D eigenvalue weighted by atomic mass is 10.2. The topological polar surface area (TPSA) is 72.2 Å². The smallest absolute Gasteiger partial charge is 0.337 e. The molecular weight excluding hydrogens is 288 g/mol. The van der Waals surface area contributed by atoms with Crippen LogP contribution in [0.25, 0.3) is 10.2 Å². The normalized spacial score (nSPS) is 11.1. The lowest BCUT2D eigenvalue weighted by Crippen LogP contribution is -2.25. The van der Waals surface area contributed by atoms with Gasteiger partial charge in [0.25, 0.3) is 5.56 Å². The van der Waals surface area contributed by atoms with Crippen LogP contribution in [0.4, 0.5) is 0 Å². The summed E-state index contributed by atoms with van der Waals surface area (Å²) in [6.07, 6.45) is 4.94. The summed E-state index contributed by atoms with van der Waals surface area (Å²) in [5, 5.41) is 10.9. The molecule has 1 N–H and O–H groups in total. The maximum Gasteiger partial charge on any atom is 0.337 e. The molecule has 0 fully saturated rings. The number of nitrogens with zero attached hydrogens (tertiary/aromatic N) is 2. The molecule has 2 aromatic heterocycles. The van der Waals surface area contributed by atoms with Crippen LogP contribution in [0.5, 0.6) is 0 Å². The summed E-state index contributed by atoms with van der Waals surface area (Å²) in [5.74, 6) is -0.329. The van der Waals surface area contributed by atoms with Gasteiger partial charge in [-0.1, -0.05) is 33.1 Å². The average Bonchev–Trinajstić information content (AvgIpc) is 2.89. The van der Waals surface area contributed by atoms with Crippen molar-refractivity contribution in [2.24, 2.45) is 0 Å². The molecule has 6 heteroatoms. The molecule has 0 unspecified atom stereocenters. The van der Waals surface area contributed by atoms with Crippen molar-refractivity contribution in [2.75, 3.05) is 0 Å². The summed E-state index contributed by atoms with van der Waals surface area (Å²) in [7, 11) is 0. The first-order chi connectivity index (χ1) is 10.1. The van der Waals surface area contributed by atoms with E-state index in [0.717, 1.165) is 31.5 Å². The molecule has 0 atom stereocenters. The lowest BCUT2D eigenvalue weighted by molar-refractivity contribution is 0.0699. The third-order valence-corrected chi connectivity index (χ3v) is 4.43. The Hall–Kier alpha value is -1.69. The highest BCUT2D eigenvalue weighted by molar-refractivity contribution is 7.17. The van der Waals surface area contributed by atoms with Crippen LogP contribution < -0.4 is 5.56 Å². The fourth-order valence-corrected chi connectivity index (χ4v) is 3.34. The van der Waals surface area contributed by atoms with E-state index in [1.165, 1.54) is 16.7 Å². The summed E-state index contributed by atoms with van der Waals surface area (Å²) < 4.78 is 1.65. The molecule has 21 heavy (non-hydrogen) atoms. The molecular formula is C15H20N2O3S. The molecule has 0 saturated heterocycles. The Balaban J connectivity index is 2.46. The van der Waals surface area contributed by atoms with E-state index in [1.807, 2.05) is 6.92 Å². The summed E-state index contributed by atoms with van der Waals surface area (Å²) in [4.78, 5) is 28.9. The van der Waals surface area contributed by atoms with Gasteiger partial charge in [-0.2, -0.15) is 0 Å². The van der Waals surface area contributed by atoms with Gasteiger partial charge in [0.1, 0.15) is 10.7 Å². The van der Waals surface area contributed by atoms with Crippen LogP contribution in [-0.2, 0) is 13.0 Å². The minimum Gasteiger partial charge on any atom is -0.478 e. The van der Waals surface area contributed by atoms with Gasteiger partial charge < -0.3 is 5.11 Å². The van der Waals surface area contributed by atoms with E-state index in [1.54, 1.807) is 4.57 Å². The van der Waals surface area contributed by atoms with Gasteiger partial charge in [0, 0.05) is 18.3 Å². The lowest BCUT2D eigenvalue weighted by Gasteiger charge is -2.11. The van der Waals surface area contributed by atoms with Gasteiger partial charge in [-0.05, 0) is 6.42 Å². The van der Waals surface area contributed by atoms with E-state index in [4.69, 9.17) is 0 Å². The van der Waals surface area contributed by atoms with E-state index < -0.39 is 5.97 Å². The van der Waals surface area contributed by atoms with Crippen LogP contribution in [0.15, 0.2) is 10.2 Å². The van der Waals surface area contributed by atoms with Gasteiger partial charge in [-0.15, -0.1) is 11.3 Å². The van der Waals surface area contributed by atoms with Gasteiger partial charge in [0.15, 0.2) is 0 Å². The van der Waals surface area contributed by atoms with E-state index in [2.05, 4.69) is 11.9 Å². The number of aromatic nitrogens is 2. The number of fused-ring (bicyclic) bond motifs is 1. The molecule has 0 spiro atoms. The van der Waals surface area contributed by atoms with Crippen molar-refractivity contribution in [1.29, 1.82) is 0 Å². The largest absolute Gasteiger partial charge is 0.478 e. The van der Waals surface area contributed by atoms with Crippen LogP contribution >= 0.6 is 11.3 Å². The standard InChI is InChI=1S/C15H20N2O3S/c1-3-5-6-7-8-17-11(4-2)16-13-12(14(17)18)10(9-21-13)15(19)20/h9H,3-8H2,1-2H3,(H,19,20). The molecule has 5 nitrogen and oxygen atoms in total. The first kappa shape index (κ1) is 15.7. The molecule has 0 saturated carbocycles. The van der Waals surface area contributed by atoms with Gasteiger partial charge in [0.2, 0.25) is 0 Å². The minimum absolute atomic E-state index is 0.0671. The van der Waals surface area contributed by atoms with Crippen molar-refractivity contribution in [1.82, 2.24) is 9.55 Å². The number of hydrogen-bond acceptors (Lipinski definition) is 4. The highest BCUT2D eigenvalue weighted by atomic mass is 32.1.